The summed E-state index contributed by atoms with van der Waals surface area (Å²) in [6.45, 7) is 1.97. The Kier molecular flexibility index (Phi) is 4.44. The van der Waals surface area contributed by atoms with Crippen molar-refractivity contribution in [2.75, 3.05) is 5.32 Å². The zero-order valence-corrected chi connectivity index (χ0v) is 16.3. The minimum Gasteiger partial charge on any atom is -0.337 e. The van der Waals surface area contributed by atoms with E-state index in [1.54, 1.807) is 18.6 Å². The van der Waals surface area contributed by atoms with Gasteiger partial charge in [0.1, 0.15) is 5.69 Å². The van der Waals surface area contributed by atoms with Crippen LogP contribution >= 0.6 is 0 Å². The maximum absolute atomic E-state index is 11.9. The van der Waals surface area contributed by atoms with Gasteiger partial charge in [0.2, 0.25) is 5.91 Å². The fraction of sp³-hybridized carbons (Fsp3) is 0.136. The number of aromatic amines is 2. The number of fused-ring (bicyclic) bond motifs is 2. The van der Waals surface area contributed by atoms with Gasteiger partial charge in [0.15, 0.2) is 11.5 Å². The summed E-state index contributed by atoms with van der Waals surface area (Å²) in [6, 6.07) is 11.8. The highest BCUT2D eigenvalue weighted by molar-refractivity contribution is 5.94. The Bertz CT molecular complexity index is 1340. The number of rotatable bonds is 5. The van der Waals surface area contributed by atoms with E-state index in [2.05, 4.69) is 35.5 Å². The van der Waals surface area contributed by atoms with Crippen LogP contribution in [-0.4, -0.2) is 36.0 Å². The van der Waals surface area contributed by atoms with Crippen molar-refractivity contribution in [1.82, 2.24) is 30.1 Å². The van der Waals surface area contributed by atoms with Gasteiger partial charge >= 0.3 is 0 Å². The van der Waals surface area contributed by atoms with Gasteiger partial charge in [0, 0.05) is 29.9 Å². The molecular weight excluding hydrogens is 378 g/mol. The van der Waals surface area contributed by atoms with Gasteiger partial charge in [-0.1, -0.05) is 19.1 Å². The molecule has 0 saturated heterocycles. The molecule has 4 heterocycles. The molecule has 0 aliphatic heterocycles. The number of aromatic nitrogens is 6. The van der Waals surface area contributed by atoms with Crippen molar-refractivity contribution in [2.24, 2.45) is 0 Å². The van der Waals surface area contributed by atoms with Crippen LogP contribution in [-0.2, 0) is 4.79 Å². The molecule has 5 aromatic rings. The summed E-state index contributed by atoms with van der Waals surface area (Å²) in [6.07, 6.45) is 6.42. The molecule has 8 nitrogen and oxygen atoms in total. The number of carbonyl (C=O) groups is 1. The third-order valence-electron chi connectivity index (χ3n) is 4.87. The van der Waals surface area contributed by atoms with Gasteiger partial charge in [-0.25, -0.2) is 9.97 Å². The number of nitrogens with one attached hydrogen (secondary N) is 3. The molecule has 0 saturated carbocycles. The number of H-pyrrole nitrogens is 2. The number of carbonyl (C=O) groups excluding carboxylic acids is 1. The van der Waals surface area contributed by atoms with Crippen LogP contribution in [0, 0.1) is 0 Å². The fourth-order valence-corrected chi connectivity index (χ4v) is 3.43. The van der Waals surface area contributed by atoms with E-state index in [9.17, 15) is 4.79 Å². The monoisotopic (exact) mass is 397 g/mol. The lowest BCUT2D eigenvalue weighted by Crippen LogP contribution is -2.10. The molecule has 1 amide bonds. The molecular formula is C22H19N7O. The minimum absolute atomic E-state index is 0.0213. The van der Waals surface area contributed by atoms with E-state index in [1.807, 2.05) is 43.3 Å². The molecule has 0 aliphatic carbocycles. The molecule has 3 N–H and O–H groups in total. The number of amides is 1. The van der Waals surface area contributed by atoms with Gasteiger partial charge in [-0.2, -0.15) is 5.10 Å². The van der Waals surface area contributed by atoms with Crippen molar-refractivity contribution in [3.8, 4) is 22.6 Å². The first-order valence-corrected chi connectivity index (χ1v) is 9.76. The van der Waals surface area contributed by atoms with Crippen molar-refractivity contribution < 1.29 is 4.79 Å². The summed E-state index contributed by atoms with van der Waals surface area (Å²) in [5.41, 5.74) is 5.62. The quantitative estimate of drug-likeness (QED) is 0.409. The average molecular weight is 397 g/mol. The predicted molar refractivity (Wildman–Crippen MR) is 116 cm³/mol. The van der Waals surface area contributed by atoms with E-state index in [0.717, 1.165) is 39.7 Å². The third-order valence-corrected chi connectivity index (χ3v) is 4.87. The number of imidazole rings is 1. The Morgan fingerprint density at radius 1 is 1.10 bits per heavy atom. The van der Waals surface area contributed by atoms with Crippen molar-refractivity contribution in [1.29, 1.82) is 0 Å². The molecule has 148 valence electrons. The van der Waals surface area contributed by atoms with Gasteiger partial charge in [-0.15, -0.1) is 0 Å². The second kappa shape index (κ2) is 7.40. The van der Waals surface area contributed by atoms with Crippen molar-refractivity contribution >= 4 is 33.7 Å². The van der Waals surface area contributed by atoms with Crippen LogP contribution in [0.25, 0.3) is 44.7 Å². The Hall–Kier alpha value is -4.07. The lowest BCUT2D eigenvalue weighted by molar-refractivity contribution is -0.116. The molecule has 0 radical (unpaired) electrons. The summed E-state index contributed by atoms with van der Waals surface area (Å²) in [4.78, 5) is 28.6. The van der Waals surface area contributed by atoms with Crippen LogP contribution in [0.4, 0.5) is 5.69 Å². The molecule has 4 aromatic heterocycles. The summed E-state index contributed by atoms with van der Waals surface area (Å²) < 4.78 is 0. The molecule has 5 rings (SSSR count). The van der Waals surface area contributed by atoms with Crippen molar-refractivity contribution in [3.63, 3.8) is 0 Å². The molecule has 0 bridgehead atoms. The first-order valence-electron chi connectivity index (χ1n) is 9.76. The van der Waals surface area contributed by atoms with E-state index in [1.165, 1.54) is 0 Å². The summed E-state index contributed by atoms with van der Waals surface area (Å²) in [7, 11) is 0. The number of nitrogens with zero attached hydrogens (tertiary/aromatic N) is 4. The van der Waals surface area contributed by atoms with Gasteiger partial charge in [0.05, 0.1) is 28.3 Å². The Labute approximate surface area is 171 Å². The van der Waals surface area contributed by atoms with E-state index >= 15 is 0 Å². The van der Waals surface area contributed by atoms with E-state index in [4.69, 9.17) is 0 Å². The smallest absolute Gasteiger partial charge is 0.224 e. The van der Waals surface area contributed by atoms with Crippen LogP contribution in [0.15, 0.2) is 55.0 Å². The van der Waals surface area contributed by atoms with Gasteiger partial charge in [-0.3, -0.25) is 14.9 Å². The standard InChI is InChI=1S/C22H19N7O/c1-2-5-19(30)25-15-8-13(10-23-12-15)14-9-16-20(28-29-21(16)24-11-14)22-26-17-6-3-4-7-18(17)27-22/h3-4,6-12H,2,5H2,1H3,(H,25,30)(H,26,27)(H,24,28,29). The molecule has 0 unspecified atom stereocenters. The van der Waals surface area contributed by atoms with Crippen molar-refractivity contribution in [2.45, 2.75) is 19.8 Å². The highest BCUT2D eigenvalue weighted by Crippen LogP contribution is 2.29. The van der Waals surface area contributed by atoms with E-state index < -0.39 is 0 Å². The SMILES string of the molecule is CCCC(=O)Nc1cncc(-c2cnc3n[nH]c(-c4nc5ccccc5[nH]4)c3c2)c1. The Morgan fingerprint density at radius 3 is 2.83 bits per heavy atom. The summed E-state index contributed by atoms with van der Waals surface area (Å²) >= 11 is 0. The van der Waals surface area contributed by atoms with Crippen LogP contribution in [0.3, 0.4) is 0 Å². The molecule has 8 heteroatoms. The fourth-order valence-electron chi connectivity index (χ4n) is 3.43. The second-order valence-corrected chi connectivity index (χ2v) is 7.06. The highest BCUT2D eigenvalue weighted by Gasteiger charge is 2.14. The number of anilines is 1. The van der Waals surface area contributed by atoms with Crippen LogP contribution < -0.4 is 5.32 Å². The summed E-state index contributed by atoms with van der Waals surface area (Å²) in [5, 5.41) is 11.1. The molecule has 0 aliphatic rings. The largest absolute Gasteiger partial charge is 0.337 e. The maximum atomic E-state index is 11.9. The zero-order valence-electron chi connectivity index (χ0n) is 16.3. The normalized spacial score (nSPS) is 11.2. The third kappa shape index (κ3) is 3.28. The van der Waals surface area contributed by atoms with Crippen LogP contribution in [0.2, 0.25) is 0 Å². The molecule has 0 fully saturated rings. The van der Waals surface area contributed by atoms with Crippen molar-refractivity contribution in [3.05, 3.63) is 55.0 Å². The summed E-state index contributed by atoms with van der Waals surface area (Å²) in [5.74, 6) is 0.684. The number of hydrogen-bond acceptors (Lipinski definition) is 5. The molecule has 1 aromatic carbocycles. The number of para-hydroxylation sites is 2. The van der Waals surface area contributed by atoms with E-state index in [0.29, 0.717) is 23.6 Å². The molecule has 0 spiro atoms. The maximum Gasteiger partial charge on any atom is 0.224 e. The number of hydrogen-bond donors (Lipinski definition) is 3. The second-order valence-electron chi connectivity index (χ2n) is 7.06. The first-order chi connectivity index (χ1) is 14.7. The average Bonchev–Trinajstić information content (AvgIpc) is 3.37. The van der Waals surface area contributed by atoms with E-state index in [-0.39, 0.29) is 5.91 Å². The molecule has 30 heavy (non-hydrogen) atoms. The Morgan fingerprint density at radius 2 is 1.97 bits per heavy atom. The predicted octanol–water partition coefficient (Wildman–Crippen LogP) is 4.30. The number of benzene rings is 1. The minimum atomic E-state index is -0.0213. The lowest BCUT2D eigenvalue weighted by atomic mass is 10.1. The Balaban J connectivity index is 1.54. The zero-order chi connectivity index (χ0) is 20.5. The topological polar surface area (TPSA) is 112 Å². The lowest BCUT2D eigenvalue weighted by Gasteiger charge is -2.07. The van der Waals surface area contributed by atoms with Crippen LogP contribution in [0.5, 0.6) is 0 Å². The van der Waals surface area contributed by atoms with Crippen LogP contribution in [0.1, 0.15) is 19.8 Å². The number of pyridine rings is 2. The first kappa shape index (κ1) is 18.0. The highest BCUT2D eigenvalue weighted by atomic mass is 16.1. The van der Waals surface area contributed by atoms with Gasteiger partial charge < -0.3 is 10.3 Å². The van der Waals surface area contributed by atoms with Gasteiger partial charge in [0.25, 0.3) is 0 Å². The van der Waals surface area contributed by atoms with Gasteiger partial charge in [-0.05, 0) is 30.7 Å². The molecule has 0 atom stereocenters.